The van der Waals surface area contributed by atoms with Crippen molar-refractivity contribution >= 4 is 23.9 Å². The van der Waals surface area contributed by atoms with Crippen molar-refractivity contribution in [3.63, 3.8) is 0 Å². The number of aromatic nitrogens is 3. The maximum atomic E-state index is 12.4. The van der Waals surface area contributed by atoms with E-state index in [0.717, 1.165) is 11.3 Å². The lowest BCUT2D eigenvalue weighted by Gasteiger charge is -2.12. The van der Waals surface area contributed by atoms with Gasteiger partial charge in [0.15, 0.2) is 34.0 Å². The van der Waals surface area contributed by atoms with Crippen LogP contribution in [0.15, 0.2) is 77.0 Å². The number of ether oxygens (including phenoxy) is 2. The van der Waals surface area contributed by atoms with E-state index in [1.807, 2.05) is 47.0 Å². The van der Waals surface area contributed by atoms with E-state index in [1.54, 1.807) is 26.4 Å². The van der Waals surface area contributed by atoms with Crippen LogP contribution in [0.3, 0.4) is 0 Å². The van der Waals surface area contributed by atoms with Gasteiger partial charge in [0.1, 0.15) is 0 Å². The molecule has 0 fully saturated rings. The van der Waals surface area contributed by atoms with E-state index in [2.05, 4.69) is 20.7 Å². The summed E-state index contributed by atoms with van der Waals surface area (Å²) in [5.41, 5.74) is 4.55. The van der Waals surface area contributed by atoms with Crippen LogP contribution in [0.4, 0.5) is 0 Å². The summed E-state index contributed by atoms with van der Waals surface area (Å²) in [6.45, 7) is 0. The third-order valence-corrected chi connectivity index (χ3v) is 5.95. The van der Waals surface area contributed by atoms with Crippen molar-refractivity contribution in [2.24, 2.45) is 5.10 Å². The van der Waals surface area contributed by atoms with Crippen molar-refractivity contribution in [2.75, 3.05) is 20.0 Å². The van der Waals surface area contributed by atoms with Crippen LogP contribution in [0, 0.1) is 0 Å². The van der Waals surface area contributed by atoms with E-state index in [4.69, 9.17) is 9.47 Å². The van der Waals surface area contributed by atoms with Crippen LogP contribution in [-0.4, -0.2) is 57.1 Å². The number of rotatable bonds is 9. The van der Waals surface area contributed by atoms with Crippen LogP contribution in [0.25, 0.3) is 17.1 Å². The van der Waals surface area contributed by atoms with Gasteiger partial charge in [0.25, 0.3) is 5.91 Å². The lowest BCUT2D eigenvalue weighted by Crippen LogP contribution is -2.20. The first-order chi connectivity index (χ1) is 17.5. The summed E-state index contributed by atoms with van der Waals surface area (Å²) in [6, 6.07) is 19.3. The minimum atomic E-state index is -0.352. The number of aromatic hydroxyl groups is 2. The molecule has 0 radical (unpaired) electrons. The molecular weight excluding hydrogens is 482 g/mol. The number of methoxy groups -OCH3 is 2. The average molecular weight is 506 g/mol. The van der Waals surface area contributed by atoms with Crippen LogP contribution in [0.1, 0.15) is 5.56 Å². The van der Waals surface area contributed by atoms with Crippen molar-refractivity contribution in [3.8, 4) is 40.1 Å². The zero-order chi connectivity index (χ0) is 25.5. The molecule has 0 spiro atoms. The molecule has 4 aromatic rings. The number of phenols is 2. The number of hydrogen-bond donors (Lipinski definition) is 3. The largest absolute Gasteiger partial charge is 0.504 e. The zero-order valence-electron chi connectivity index (χ0n) is 19.5. The van der Waals surface area contributed by atoms with Gasteiger partial charge in [0.05, 0.1) is 26.2 Å². The molecule has 0 aliphatic heterocycles. The monoisotopic (exact) mass is 505 g/mol. The van der Waals surface area contributed by atoms with Gasteiger partial charge in [-0.1, -0.05) is 30.0 Å². The molecule has 0 saturated carbocycles. The minimum Gasteiger partial charge on any atom is -0.504 e. The van der Waals surface area contributed by atoms with Crippen molar-refractivity contribution in [3.05, 3.63) is 72.3 Å². The Labute approximate surface area is 211 Å². The first-order valence-electron chi connectivity index (χ1n) is 10.7. The Hall–Kier alpha value is -4.51. The Morgan fingerprint density at radius 3 is 2.50 bits per heavy atom. The fourth-order valence-electron chi connectivity index (χ4n) is 3.30. The molecule has 36 heavy (non-hydrogen) atoms. The van der Waals surface area contributed by atoms with E-state index in [0.29, 0.717) is 28.0 Å². The fourth-order valence-corrected chi connectivity index (χ4v) is 4.04. The highest BCUT2D eigenvalue weighted by molar-refractivity contribution is 7.99. The number of para-hydroxylation sites is 1. The van der Waals surface area contributed by atoms with E-state index >= 15 is 0 Å². The Morgan fingerprint density at radius 2 is 1.78 bits per heavy atom. The highest BCUT2D eigenvalue weighted by Gasteiger charge is 2.18. The Balaban J connectivity index is 1.53. The third-order valence-electron chi connectivity index (χ3n) is 5.02. The van der Waals surface area contributed by atoms with Crippen molar-refractivity contribution in [2.45, 2.75) is 5.16 Å². The predicted octanol–water partition coefficient (Wildman–Crippen LogP) is 3.61. The van der Waals surface area contributed by atoms with Crippen molar-refractivity contribution in [1.29, 1.82) is 0 Å². The topological polar surface area (TPSA) is 131 Å². The van der Waals surface area contributed by atoms with E-state index < -0.39 is 0 Å². The Kier molecular flexibility index (Phi) is 7.71. The molecule has 0 aliphatic rings. The molecule has 4 rings (SSSR count). The van der Waals surface area contributed by atoms with Crippen LogP contribution < -0.4 is 14.9 Å². The number of amides is 1. The smallest absolute Gasteiger partial charge is 0.250 e. The van der Waals surface area contributed by atoms with Gasteiger partial charge in [-0.25, -0.2) is 5.43 Å². The molecule has 0 saturated heterocycles. The van der Waals surface area contributed by atoms with Gasteiger partial charge in [0.2, 0.25) is 0 Å². The molecule has 184 valence electrons. The van der Waals surface area contributed by atoms with Crippen molar-refractivity contribution < 1.29 is 24.5 Å². The van der Waals surface area contributed by atoms with Gasteiger partial charge in [-0.2, -0.15) is 5.10 Å². The maximum Gasteiger partial charge on any atom is 0.250 e. The number of nitrogens with zero attached hydrogens (tertiary/aromatic N) is 4. The highest BCUT2D eigenvalue weighted by atomic mass is 32.2. The van der Waals surface area contributed by atoms with E-state index in [1.165, 1.54) is 30.1 Å². The van der Waals surface area contributed by atoms with Gasteiger partial charge in [-0.15, -0.1) is 10.2 Å². The number of thioether (sulfide) groups is 1. The number of carbonyl (C=O) groups excluding carboxylic acids is 1. The second kappa shape index (κ2) is 11.3. The normalized spacial score (nSPS) is 10.9. The SMILES string of the molecule is COc1ccc(-c2nnc(SCC(=O)NN=Cc3ccc(O)c(O)c3)n2-c2ccccc2)cc1OC. The molecule has 0 unspecified atom stereocenters. The molecule has 11 heteroatoms. The second-order valence-corrected chi connectivity index (χ2v) is 8.32. The summed E-state index contributed by atoms with van der Waals surface area (Å²) in [7, 11) is 3.14. The molecule has 0 atom stereocenters. The molecule has 1 amide bonds. The molecule has 3 aromatic carbocycles. The molecule has 1 aromatic heterocycles. The summed E-state index contributed by atoms with van der Waals surface area (Å²) in [5.74, 6) is 0.917. The quantitative estimate of drug-likeness (QED) is 0.136. The Morgan fingerprint density at radius 1 is 1.00 bits per heavy atom. The molecule has 0 aliphatic carbocycles. The maximum absolute atomic E-state index is 12.4. The number of benzene rings is 3. The lowest BCUT2D eigenvalue weighted by atomic mass is 10.2. The molecular formula is C25H23N5O5S. The summed E-state index contributed by atoms with van der Waals surface area (Å²) in [5, 5.41) is 32.0. The summed E-state index contributed by atoms with van der Waals surface area (Å²) >= 11 is 1.21. The van der Waals surface area contributed by atoms with E-state index in [9.17, 15) is 15.0 Å². The number of phenolic OH excluding ortho intramolecular Hbond substituents is 2. The number of nitrogens with one attached hydrogen (secondary N) is 1. The minimum absolute atomic E-state index is 0.0368. The van der Waals surface area contributed by atoms with Gasteiger partial charge < -0.3 is 19.7 Å². The predicted molar refractivity (Wildman–Crippen MR) is 136 cm³/mol. The first-order valence-corrected chi connectivity index (χ1v) is 11.7. The Bertz CT molecular complexity index is 1390. The molecule has 1 heterocycles. The standard InChI is InChI=1S/C25H23N5O5S/c1-34-21-11-9-17(13-22(21)35-2)24-28-29-25(30(24)18-6-4-3-5-7-18)36-15-23(33)27-26-14-16-8-10-19(31)20(32)12-16/h3-14,31-32H,15H2,1-2H3,(H,27,33). The lowest BCUT2D eigenvalue weighted by molar-refractivity contribution is -0.118. The van der Waals surface area contributed by atoms with E-state index in [-0.39, 0.29) is 23.2 Å². The summed E-state index contributed by atoms with van der Waals surface area (Å²) < 4.78 is 12.6. The van der Waals surface area contributed by atoms with Crippen LogP contribution in [-0.2, 0) is 4.79 Å². The molecule has 0 bridgehead atoms. The van der Waals surface area contributed by atoms with Crippen LogP contribution in [0.5, 0.6) is 23.0 Å². The molecule has 3 N–H and O–H groups in total. The summed E-state index contributed by atoms with van der Waals surface area (Å²) in [4.78, 5) is 12.4. The van der Waals surface area contributed by atoms with Gasteiger partial charge in [-0.3, -0.25) is 9.36 Å². The fraction of sp³-hybridized carbons (Fsp3) is 0.120. The number of hydrazone groups is 1. The average Bonchev–Trinajstić information content (AvgIpc) is 3.33. The first kappa shape index (κ1) is 24.6. The number of carbonyl (C=O) groups is 1. The van der Waals surface area contributed by atoms with Crippen molar-refractivity contribution in [1.82, 2.24) is 20.2 Å². The number of hydrogen-bond acceptors (Lipinski definition) is 9. The highest BCUT2D eigenvalue weighted by Crippen LogP contribution is 2.34. The molecule has 10 nitrogen and oxygen atoms in total. The zero-order valence-corrected chi connectivity index (χ0v) is 20.3. The van der Waals surface area contributed by atoms with Gasteiger partial charge in [-0.05, 0) is 54.1 Å². The second-order valence-electron chi connectivity index (χ2n) is 7.38. The van der Waals surface area contributed by atoms with Crippen LogP contribution >= 0.6 is 11.8 Å². The summed E-state index contributed by atoms with van der Waals surface area (Å²) in [6.07, 6.45) is 1.36. The third kappa shape index (κ3) is 5.58. The van der Waals surface area contributed by atoms with Crippen LogP contribution in [0.2, 0.25) is 0 Å². The van der Waals surface area contributed by atoms with Gasteiger partial charge >= 0.3 is 0 Å². The van der Waals surface area contributed by atoms with Gasteiger partial charge in [0, 0.05) is 11.3 Å².